The van der Waals surface area contributed by atoms with Crippen LogP contribution in [0, 0.1) is 5.82 Å². The molecule has 0 aliphatic rings. The summed E-state index contributed by atoms with van der Waals surface area (Å²) in [6.07, 6.45) is 1.86. The monoisotopic (exact) mass is 302 g/mol. The zero-order chi connectivity index (χ0) is 13.8. The Bertz CT molecular complexity index is 589. The maximum Gasteiger partial charge on any atom is 0.252 e. The van der Waals surface area contributed by atoms with Gasteiger partial charge in [-0.1, -0.05) is 23.2 Å². The second-order valence-corrected chi connectivity index (χ2v) is 4.50. The number of nitrogens with zero attached hydrogens (tertiary/aromatic N) is 2. The summed E-state index contributed by atoms with van der Waals surface area (Å²) in [4.78, 5) is 15.7. The predicted molar refractivity (Wildman–Crippen MR) is 68.8 cm³/mol. The zero-order valence-corrected chi connectivity index (χ0v) is 11.1. The summed E-state index contributed by atoms with van der Waals surface area (Å²) in [6.45, 7) is 0.328. The van der Waals surface area contributed by atoms with Crippen LogP contribution in [-0.4, -0.2) is 27.6 Å². The maximum absolute atomic E-state index is 13.3. The van der Waals surface area contributed by atoms with Crippen LogP contribution in [0.1, 0.15) is 16.2 Å². The second kappa shape index (κ2) is 5.99. The summed E-state index contributed by atoms with van der Waals surface area (Å²) in [5.74, 6) is -0.514. The van der Waals surface area contributed by atoms with E-state index in [4.69, 9.17) is 23.2 Å². The Kier molecular flexibility index (Phi) is 4.34. The van der Waals surface area contributed by atoms with E-state index in [1.54, 1.807) is 0 Å². The number of benzene rings is 1. The third-order valence-corrected chi connectivity index (χ3v) is 2.97. The summed E-state index contributed by atoms with van der Waals surface area (Å²) in [5, 5.41) is 8.92. The lowest BCUT2D eigenvalue weighted by Crippen LogP contribution is -2.26. The average Bonchev–Trinajstić information content (AvgIpc) is 2.86. The largest absolute Gasteiger partial charge is 0.352 e. The Morgan fingerprint density at radius 1 is 1.37 bits per heavy atom. The van der Waals surface area contributed by atoms with Gasteiger partial charge in [0.2, 0.25) is 0 Å². The minimum absolute atomic E-state index is 0.0427. The number of aromatic amines is 1. The van der Waals surface area contributed by atoms with E-state index in [9.17, 15) is 9.18 Å². The number of carbonyl (C=O) groups is 1. The van der Waals surface area contributed by atoms with E-state index in [1.807, 2.05) is 0 Å². The molecule has 19 heavy (non-hydrogen) atoms. The van der Waals surface area contributed by atoms with Gasteiger partial charge in [0.1, 0.15) is 18.0 Å². The highest BCUT2D eigenvalue weighted by atomic mass is 35.5. The van der Waals surface area contributed by atoms with E-state index in [1.165, 1.54) is 12.4 Å². The van der Waals surface area contributed by atoms with Crippen LogP contribution in [0.25, 0.3) is 0 Å². The summed E-state index contributed by atoms with van der Waals surface area (Å²) in [6, 6.07) is 2.21. The van der Waals surface area contributed by atoms with Crippen molar-refractivity contribution in [1.82, 2.24) is 20.5 Å². The number of hydrogen-bond acceptors (Lipinski definition) is 3. The molecule has 0 bridgehead atoms. The van der Waals surface area contributed by atoms with Gasteiger partial charge in [0.25, 0.3) is 5.91 Å². The third kappa shape index (κ3) is 3.42. The zero-order valence-electron chi connectivity index (χ0n) is 9.58. The molecular formula is C11H9Cl2FN4O. The van der Waals surface area contributed by atoms with Gasteiger partial charge in [-0.25, -0.2) is 9.37 Å². The van der Waals surface area contributed by atoms with E-state index in [2.05, 4.69) is 20.5 Å². The van der Waals surface area contributed by atoms with Crippen molar-refractivity contribution in [2.45, 2.75) is 6.42 Å². The van der Waals surface area contributed by atoms with Gasteiger partial charge in [0.15, 0.2) is 0 Å². The molecule has 8 heteroatoms. The number of nitrogens with one attached hydrogen (secondary N) is 2. The minimum atomic E-state index is -0.688. The maximum atomic E-state index is 13.3. The number of carbonyl (C=O) groups excluding carboxylic acids is 1. The highest BCUT2D eigenvalue weighted by Crippen LogP contribution is 2.24. The molecule has 1 amide bonds. The highest BCUT2D eigenvalue weighted by Gasteiger charge is 2.13. The molecule has 1 heterocycles. The first kappa shape index (κ1) is 13.8. The van der Waals surface area contributed by atoms with Crippen molar-refractivity contribution in [3.8, 4) is 0 Å². The molecule has 2 aromatic rings. The number of halogens is 3. The molecule has 0 radical (unpaired) electrons. The number of H-pyrrole nitrogens is 1. The van der Waals surface area contributed by atoms with Gasteiger partial charge in [-0.15, -0.1) is 0 Å². The second-order valence-electron chi connectivity index (χ2n) is 3.68. The molecule has 2 N–H and O–H groups in total. The Hall–Kier alpha value is -1.66. The molecule has 0 unspecified atom stereocenters. The van der Waals surface area contributed by atoms with Gasteiger partial charge < -0.3 is 5.32 Å². The van der Waals surface area contributed by atoms with Crippen molar-refractivity contribution in [3.05, 3.63) is 45.7 Å². The van der Waals surface area contributed by atoms with E-state index >= 15 is 0 Å². The minimum Gasteiger partial charge on any atom is -0.352 e. The molecular weight excluding hydrogens is 294 g/mol. The molecule has 5 nitrogen and oxygen atoms in total. The van der Waals surface area contributed by atoms with Gasteiger partial charge in [-0.2, -0.15) is 5.10 Å². The van der Waals surface area contributed by atoms with Gasteiger partial charge >= 0.3 is 0 Å². The molecule has 0 spiro atoms. The first-order valence-electron chi connectivity index (χ1n) is 5.35. The molecule has 100 valence electrons. The van der Waals surface area contributed by atoms with Crippen molar-refractivity contribution in [2.75, 3.05) is 6.54 Å². The molecule has 1 aromatic carbocycles. The van der Waals surface area contributed by atoms with E-state index < -0.39 is 11.7 Å². The summed E-state index contributed by atoms with van der Waals surface area (Å²) in [5.41, 5.74) is 0.0427. The molecule has 1 aromatic heterocycles. The van der Waals surface area contributed by atoms with E-state index in [-0.39, 0.29) is 15.6 Å². The molecule has 0 atom stereocenters. The van der Waals surface area contributed by atoms with Crippen molar-refractivity contribution in [1.29, 1.82) is 0 Å². The normalized spacial score (nSPS) is 10.5. The summed E-state index contributed by atoms with van der Waals surface area (Å²) in [7, 11) is 0. The average molecular weight is 303 g/mol. The van der Waals surface area contributed by atoms with Crippen LogP contribution in [0.4, 0.5) is 4.39 Å². The Labute approximate surface area is 118 Å². The lowest BCUT2D eigenvalue weighted by atomic mass is 10.2. The fourth-order valence-corrected chi connectivity index (χ4v) is 1.91. The fourth-order valence-electron chi connectivity index (χ4n) is 1.44. The SMILES string of the molecule is O=C(NCCc1ncn[nH]1)c1cc(F)c(Cl)cc1Cl. The Morgan fingerprint density at radius 2 is 2.16 bits per heavy atom. The standard InChI is InChI=1S/C11H9Cl2FN4O/c12-7-4-8(13)9(14)3-6(7)11(19)15-2-1-10-16-5-17-18-10/h3-5H,1-2H2,(H,15,19)(H,16,17,18). The van der Waals surface area contributed by atoms with Crippen molar-refractivity contribution in [2.24, 2.45) is 0 Å². The molecule has 0 fully saturated rings. The van der Waals surface area contributed by atoms with Crippen LogP contribution in [0.2, 0.25) is 10.0 Å². The Morgan fingerprint density at radius 3 is 2.84 bits per heavy atom. The van der Waals surface area contributed by atoms with E-state index in [0.717, 1.165) is 6.07 Å². The van der Waals surface area contributed by atoms with Crippen LogP contribution < -0.4 is 5.32 Å². The highest BCUT2D eigenvalue weighted by molar-refractivity contribution is 6.36. The number of amides is 1. The predicted octanol–water partition coefficient (Wildman–Crippen LogP) is 2.22. The summed E-state index contributed by atoms with van der Waals surface area (Å²) < 4.78 is 13.3. The fraction of sp³-hybridized carbons (Fsp3) is 0.182. The molecule has 0 saturated heterocycles. The van der Waals surface area contributed by atoms with Crippen molar-refractivity contribution < 1.29 is 9.18 Å². The number of aromatic nitrogens is 3. The van der Waals surface area contributed by atoms with E-state index in [0.29, 0.717) is 18.8 Å². The topological polar surface area (TPSA) is 70.7 Å². The summed E-state index contributed by atoms with van der Waals surface area (Å²) >= 11 is 11.4. The lowest BCUT2D eigenvalue weighted by molar-refractivity contribution is 0.0953. The van der Waals surface area contributed by atoms with Gasteiger partial charge in [0.05, 0.1) is 15.6 Å². The van der Waals surface area contributed by atoms with Crippen LogP contribution in [0.5, 0.6) is 0 Å². The molecule has 0 aliphatic carbocycles. The van der Waals surface area contributed by atoms with Crippen molar-refractivity contribution in [3.63, 3.8) is 0 Å². The van der Waals surface area contributed by atoms with Gasteiger partial charge in [-0.3, -0.25) is 9.89 Å². The van der Waals surface area contributed by atoms with Crippen molar-refractivity contribution >= 4 is 29.1 Å². The number of rotatable bonds is 4. The van der Waals surface area contributed by atoms with Gasteiger partial charge in [0, 0.05) is 13.0 Å². The Balaban J connectivity index is 1.98. The third-order valence-electron chi connectivity index (χ3n) is 2.37. The van der Waals surface area contributed by atoms with Crippen LogP contribution in [-0.2, 0) is 6.42 Å². The molecule has 2 rings (SSSR count). The van der Waals surface area contributed by atoms with Crippen LogP contribution in [0.3, 0.4) is 0 Å². The van der Waals surface area contributed by atoms with Gasteiger partial charge in [-0.05, 0) is 12.1 Å². The first-order valence-corrected chi connectivity index (χ1v) is 6.10. The van der Waals surface area contributed by atoms with Crippen LogP contribution in [0.15, 0.2) is 18.5 Å². The molecule has 0 aliphatic heterocycles. The quantitative estimate of drug-likeness (QED) is 0.851. The lowest BCUT2D eigenvalue weighted by Gasteiger charge is -2.06. The number of hydrogen-bond donors (Lipinski definition) is 2. The first-order chi connectivity index (χ1) is 9.08. The smallest absolute Gasteiger partial charge is 0.252 e. The molecule has 0 saturated carbocycles. The van der Waals surface area contributed by atoms with Crippen LogP contribution >= 0.6 is 23.2 Å².